The number of aliphatic carboxylic acids is 2. The van der Waals surface area contributed by atoms with E-state index in [1.54, 1.807) is 0 Å². The van der Waals surface area contributed by atoms with Gasteiger partial charge < -0.3 is 10.2 Å². The minimum atomic E-state index is -0.653. The summed E-state index contributed by atoms with van der Waals surface area (Å²) in [7, 11) is 0. The molecule has 0 heterocycles. The first-order valence-electron chi connectivity index (χ1n) is 18.0. The summed E-state index contributed by atoms with van der Waals surface area (Å²) in [6.07, 6.45) is 40.4. The van der Waals surface area contributed by atoms with Crippen LogP contribution in [0, 0.1) is 0 Å². The van der Waals surface area contributed by atoms with Gasteiger partial charge in [0.15, 0.2) is 0 Å². The molecule has 0 spiro atoms. The summed E-state index contributed by atoms with van der Waals surface area (Å²) < 4.78 is 0. The Morgan fingerprint density at radius 2 is 0.432 bits per heavy atom. The Morgan fingerprint density at radius 1 is 0.295 bits per heavy atom. The van der Waals surface area contributed by atoms with Gasteiger partial charge in [-0.1, -0.05) is 194 Å². The van der Waals surface area contributed by atoms with E-state index in [1.165, 1.54) is 167 Å². The van der Waals surface area contributed by atoms with Crippen LogP contribution in [0.1, 0.15) is 219 Å². The van der Waals surface area contributed by atoms with E-state index >= 15 is 0 Å². The summed E-state index contributed by atoms with van der Waals surface area (Å²) in [4.78, 5) is 20.7. The van der Waals surface area contributed by atoms with E-state index in [4.69, 9.17) is 10.2 Å². The third-order valence-electron chi connectivity index (χ3n) is 7.99. The molecule has 2 N–H and O–H groups in total. The van der Waals surface area contributed by atoms with Crippen molar-refractivity contribution >= 4 is 104 Å². The third-order valence-corrected chi connectivity index (χ3v) is 7.99. The maximum absolute atomic E-state index is 10.3. The Morgan fingerprint density at radius 3 is 0.568 bits per heavy atom. The molecule has 0 atom stereocenters. The van der Waals surface area contributed by atoms with E-state index in [1.807, 2.05) is 0 Å². The summed E-state index contributed by atoms with van der Waals surface area (Å²) in [5, 5.41) is 17.0. The molecular formula is C36H80Mg4O4. The van der Waals surface area contributed by atoms with Gasteiger partial charge in [-0.3, -0.25) is 9.59 Å². The van der Waals surface area contributed by atoms with Crippen molar-refractivity contribution in [1.29, 1.82) is 0 Å². The third kappa shape index (κ3) is 62.8. The average Bonchev–Trinajstić information content (AvgIpc) is 2.93. The summed E-state index contributed by atoms with van der Waals surface area (Å²) >= 11 is 0. The van der Waals surface area contributed by atoms with Crippen LogP contribution in [0.25, 0.3) is 0 Å². The van der Waals surface area contributed by atoms with Gasteiger partial charge >= 0.3 is 104 Å². The molecule has 0 rings (SSSR count). The van der Waals surface area contributed by atoms with Crippen LogP contribution in [0.3, 0.4) is 0 Å². The van der Waals surface area contributed by atoms with Gasteiger partial charge in [0, 0.05) is 12.8 Å². The summed E-state index contributed by atoms with van der Waals surface area (Å²) in [5.74, 6) is -1.31. The van der Waals surface area contributed by atoms with Gasteiger partial charge in [0.25, 0.3) is 0 Å². The van der Waals surface area contributed by atoms with E-state index in [-0.39, 0.29) is 92.2 Å². The molecule has 0 radical (unpaired) electrons. The van der Waals surface area contributed by atoms with Gasteiger partial charge in [-0.05, 0) is 12.8 Å². The molecule has 0 aromatic carbocycles. The van der Waals surface area contributed by atoms with Crippen molar-refractivity contribution in [2.24, 2.45) is 0 Å². The quantitative estimate of drug-likeness (QED) is 0.0552. The topological polar surface area (TPSA) is 74.6 Å². The van der Waals surface area contributed by atoms with Crippen LogP contribution < -0.4 is 0 Å². The van der Waals surface area contributed by atoms with Gasteiger partial charge in [-0.25, -0.2) is 0 Å². The first-order valence-corrected chi connectivity index (χ1v) is 18.0. The largest absolute Gasteiger partial charge is 0.481 e. The second kappa shape index (κ2) is 54.5. The SMILES string of the molecule is CCCCCCCCCCCCCCCCCC(=O)O.CCCCCCCCCCCCCCCCCC(=O)O.[MgH2].[MgH2].[MgH2].[MgH2]. The molecule has 0 aliphatic carbocycles. The van der Waals surface area contributed by atoms with Crippen LogP contribution in [0.5, 0.6) is 0 Å². The molecule has 8 heteroatoms. The van der Waals surface area contributed by atoms with Crippen molar-refractivity contribution in [2.45, 2.75) is 219 Å². The smallest absolute Gasteiger partial charge is 0.316 e. The predicted octanol–water partition coefficient (Wildman–Crippen LogP) is 9.00. The number of rotatable bonds is 32. The molecule has 256 valence electrons. The van der Waals surface area contributed by atoms with Gasteiger partial charge in [-0.15, -0.1) is 0 Å². The second-order valence-electron chi connectivity index (χ2n) is 12.2. The maximum atomic E-state index is 10.3. The summed E-state index contributed by atoms with van der Waals surface area (Å²) in [6, 6.07) is 0. The number of unbranched alkanes of at least 4 members (excludes halogenated alkanes) is 28. The second-order valence-corrected chi connectivity index (χ2v) is 12.2. The molecular weight excluding hydrogens is 594 g/mol. The summed E-state index contributed by atoms with van der Waals surface area (Å²) in [5.41, 5.74) is 0. The highest BCUT2D eigenvalue weighted by Crippen LogP contribution is 2.15. The Kier molecular flexibility index (Phi) is 72.1. The molecule has 0 saturated carbocycles. The highest BCUT2D eigenvalue weighted by Gasteiger charge is 1.98. The molecule has 0 saturated heterocycles. The zero-order valence-electron chi connectivity index (χ0n) is 27.3. The van der Waals surface area contributed by atoms with Crippen molar-refractivity contribution in [3.63, 3.8) is 0 Å². The first-order chi connectivity index (χ1) is 19.5. The molecule has 4 nitrogen and oxygen atoms in total. The maximum Gasteiger partial charge on any atom is 0.316 e. The lowest BCUT2D eigenvalue weighted by atomic mass is 10.0. The number of carbonyl (C=O) groups is 2. The van der Waals surface area contributed by atoms with E-state index in [9.17, 15) is 9.59 Å². The van der Waals surface area contributed by atoms with Crippen LogP contribution in [-0.4, -0.2) is 114 Å². The van der Waals surface area contributed by atoms with Crippen LogP contribution in [0.4, 0.5) is 0 Å². The van der Waals surface area contributed by atoms with Gasteiger partial charge in [0.1, 0.15) is 0 Å². The van der Waals surface area contributed by atoms with Crippen molar-refractivity contribution in [2.75, 3.05) is 0 Å². The number of carboxylic acid groups (broad SMARTS) is 2. The van der Waals surface area contributed by atoms with Crippen molar-refractivity contribution < 1.29 is 19.8 Å². The fourth-order valence-corrected chi connectivity index (χ4v) is 5.30. The molecule has 0 aliphatic rings. The van der Waals surface area contributed by atoms with Crippen LogP contribution in [-0.2, 0) is 9.59 Å². The van der Waals surface area contributed by atoms with Crippen molar-refractivity contribution in [1.82, 2.24) is 0 Å². The predicted molar refractivity (Wildman–Crippen MR) is 209 cm³/mol. The standard InChI is InChI=1S/2C18H36O2.4Mg.8H/c2*1-2-3-4-5-6-7-8-9-10-11-12-13-14-15-16-17-18(19)20;;;;;;;;;;;;/h2*2-17H2,1H3,(H,19,20);;;;;;;;;;;;. The molecule has 0 bridgehead atoms. The molecule has 44 heavy (non-hydrogen) atoms. The molecule has 0 fully saturated rings. The van der Waals surface area contributed by atoms with E-state index < -0.39 is 11.9 Å². The summed E-state index contributed by atoms with van der Waals surface area (Å²) in [6.45, 7) is 4.54. The van der Waals surface area contributed by atoms with Gasteiger partial charge in [0.05, 0.1) is 0 Å². The molecule has 0 aromatic rings. The van der Waals surface area contributed by atoms with Gasteiger partial charge in [-0.2, -0.15) is 0 Å². The number of hydrogen-bond acceptors (Lipinski definition) is 2. The van der Waals surface area contributed by atoms with E-state index in [0.29, 0.717) is 12.8 Å². The van der Waals surface area contributed by atoms with Crippen LogP contribution >= 0.6 is 0 Å². The Hall–Kier alpha value is 2.00. The highest BCUT2D eigenvalue weighted by atomic mass is 24.3. The zero-order valence-corrected chi connectivity index (χ0v) is 27.3. The highest BCUT2D eigenvalue weighted by molar-refractivity contribution is 5.76. The Bertz CT molecular complexity index is 467. The monoisotopic (exact) mass is 673 g/mol. The van der Waals surface area contributed by atoms with Crippen LogP contribution in [0.15, 0.2) is 0 Å². The van der Waals surface area contributed by atoms with E-state index in [2.05, 4.69) is 13.8 Å². The van der Waals surface area contributed by atoms with Gasteiger partial charge in [0.2, 0.25) is 0 Å². The van der Waals surface area contributed by atoms with Crippen LogP contribution in [0.2, 0.25) is 0 Å². The lowest BCUT2D eigenvalue weighted by Gasteiger charge is -2.03. The fourth-order valence-electron chi connectivity index (χ4n) is 5.30. The molecule has 0 amide bonds. The fraction of sp³-hybridized carbons (Fsp3) is 0.944. The number of hydrogen-bond donors (Lipinski definition) is 2. The average molecular weight is 674 g/mol. The zero-order chi connectivity index (χ0) is 29.8. The van der Waals surface area contributed by atoms with Crippen molar-refractivity contribution in [3.05, 3.63) is 0 Å². The molecule has 0 aliphatic heterocycles. The minimum absolute atomic E-state index is 0. The molecule has 0 aromatic heterocycles. The Balaban J connectivity index is -0.000000150. The molecule has 0 unspecified atom stereocenters. The minimum Gasteiger partial charge on any atom is -0.481 e. The first kappa shape index (κ1) is 58.2. The Labute approximate surface area is 340 Å². The lowest BCUT2D eigenvalue weighted by molar-refractivity contribution is -0.138. The lowest BCUT2D eigenvalue weighted by Crippen LogP contribution is -1.93. The normalized spacial score (nSPS) is 9.86. The number of carboxylic acids is 2. The van der Waals surface area contributed by atoms with E-state index in [0.717, 1.165) is 25.7 Å². The van der Waals surface area contributed by atoms with Crippen molar-refractivity contribution in [3.8, 4) is 0 Å².